The minimum Gasteiger partial charge on any atom is -0.496 e. The van der Waals surface area contributed by atoms with Gasteiger partial charge in [0.2, 0.25) is 0 Å². The molecule has 1 unspecified atom stereocenters. The molecule has 3 nitrogen and oxygen atoms in total. The van der Waals surface area contributed by atoms with E-state index in [0.717, 1.165) is 23.7 Å². The van der Waals surface area contributed by atoms with Gasteiger partial charge in [-0.1, -0.05) is 23.8 Å². The average Bonchev–Trinajstić information content (AvgIpc) is 3.25. The highest BCUT2D eigenvalue weighted by Gasteiger charge is 2.16. The standard InChI is InChI=1S/C18H20N2OS2/c1-13-5-6-17(21-2)14(10-13)12-20-16(18-19-7-9-23-18)11-15-4-3-8-22-15/h3-10,16,20H,11-12H2,1-2H3. The molecule has 3 aromatic rings. The first kappa shape index (κ1) is 16.2. The summed E-state index contributed by atoms with van der Waals surface area (Å²) in [4.78, 5) is 5.87. The largest absolute Gasteiger partial charge is 0.496 e. The van der Waals surface area contributed by atoms with Crippen molar-refractivity contribution in [2.45, 2.75) is 25.9 Å². The van der Waals surface area contributed by atoms with E-state index in [0.29, 0.717) is 0 Å². The van der Waals surface area contributed by atoms with Crippen LogP contribution >= 0.6 is 22.7 Å². The molecule has 5 heteroatoms. The third-order valence-corrected chi connectivity index (χ3v) is 5.50. The van der Waals surface area contributed by atoms with Gasteiger partial charge in [0.25, 0.3) is 0 Å². The van der Waals surface area contributed by atoms with Crippen LogP contribution in [0.4, 0.5) is 0 Å². The lowest BCUT2D eigenvalue weighted by Crippen LogP contribution is -2.23. The number of ether oxygens (including phenoxy) is 1. The zero-order valence-corrected chi connectivity index (χ0v) is 14.9. The first-order chi connectivity index (χ1) is 11.3. The highest BCUT2D eigenvalue weighted by atomic mass is 32.1. The number of rotatable bonds is 7. The molecule has 23 heavy (non-hydrogen) atoms. The van der Waals surface area contributed by atoms with E-state index in [9.17, 15) is 0 Å². The average molecular weight is 345 g/mol. The zero-order chi connectivity index (χ0) is 16.1. The van der Waals surface area contributed by atoms with Crippen LogP contribution in [0.5, 0.6) is 5.75 Å². The molecule has 0 amide bonds. The van der Waals surface area contributed by atoms with Crippen molar-refractivity contribution in [2.24, 2.45) is 0 Å². The van der Waals surface area contributed by atoms with E-state index < -0.39 is 0 Å². The van der Waals surface area contributed by atoms with Crippen LogP contribution in [0.25, 0.3) is 0 Å². The summed E-state index contributed by atoms with van der Waals surface area (Å²) in [6.07, 6.45) is 2.83. The van der Waals surface area contributed by atoms with Crippen LogP contribution in [0.2, 0.25) is 0 Å². The van der Waals surface area contributed by atoms with Crippen LogP contribution in [0.15, 0.2) is 47.3 Å². The van der Waals surface area contributed by atoms with Crippen molar-refractivity contribution in [3.8, 4) is 5.75 Å². The minimum atomic E-state index is 0.221. The number of nitrogens with zero attached hydrogens (tertiary/aromatic N) is 1. The number of nitrogens with one attached hydrogen (secondary N) is 1. The predicted molar refractivity (Wildman–Crippen MR) is 97.4 cm³/mol. The Labute approximate surface area is 145 Å². The fraction of sp³-hybridized carbons (Fsp3) is 0.278. The van der Waals surface area contributed by atoms with Crippen molar-refractivity contribution >= 4 is 22.7 Å². The lowest BCUT2D eigenvalue weighted by atomic mass is 10.1. The lowest BCUT2D eigenvalue weighted by molar-refractivity contribution is 0.405. The van der Waals surface area contributed by atoms with E-state index in [1.807, 2.05) is 17.6 Å². The Hall–Kier alpha value is -1.69. The quantitative estimate of drug-likeness (QED) is 0.680. The molecular formula is C18H20N2OS2. The monoisotopic (exact) mass is 344 g/mol. The molecule has 0 spiro atoms. The van der Waals surface area contributed by atoms with E-state index in [1.54, 1.807) is 29.8 Å². The molecule has 0 saturated heterocycles. The summed E-state index contributed by atoms with van der Waals surface area (Å²) in [6, 6.07) is 10.8. The Morgan fingerprint density at radius 2 is 2.13 bits per heavy atom. The second-order valence-electron chi connectivity index (χ2n) is 5.40. The summed E-state index contributed by atoms with van der Waals surface area (Å²) in [6.45, 7) is 2.87. The highest BCUT2D eigenvalue weighted by molar-refractivity contribution is 7.10. The normalized spacial score (nSPS) is 12.3. The van der Waals surface area contributed by atoms with Crippen LogP contribution in [-0.4, -0.2) is 12.1 Å². The molecule has 0 aliphatic rings. The van der Waals surface area contributed by atoms with Gasteiger partial charge in [0.1, 0.15) is 10.8 Å². The van der Waals surface area contributed by atoms with Gasteiger partial charge in [0.15, 0.2) is 0 Å². The molecule has 0 bridgehead atoms. The second-order valence-corrected chi connectivity index (χ2v) is 7.36. The Bertz CT molecular complexity index is 724. The van der Waals surface area contributed by atoms with E-state index in [2.05, 4.69) is 46.9 Å². The fourth-order valence-corrected chi connectivity index (χ4v) is 4.03. The second kappa shape index (κ2) is 7.73. The Kier molecular flexibility index (Phi) is 5.43. The fourth-order valence-electron chi connectivity index (χ4n) is 2.56. The molecule has 1 atom stereocenters. The molecular weight excluding hydrogens is 324 g/mol. The minimum absolute atomic E-state index is 0.221. The predicted octanol–water partition coefficient (Wildman–Crippen LogP) is 4.60. The van der Waals surface area contributed by atoms with Gasteiger partial charge in [0, 0.05) is 35.0 Å². The highest BCUT2D eigenvalue weighted by Crippen LogP contribution is 2.25. The number of hydrogen-bond acceptors (Lipinski definition) is 5. The topological polar surface area (TPSA) is 34.1 Å². The van der Waals surface area contributed by atoms with Crippen molar-refractivity contribution in [2.75, 3.05) is 7.11 Å². The maximum Gasteiger partial charge on any atom is 0.123 e. The number of aryl methyl sites for hydroxylation is 1. The summed E-state index contributed by atoms with van der Waals surface area (Å²) in [5.74, 6) is 0.928. The van der Waals surface area contributed by atoms with Gasteiger partial charge in [0.05, 0.1) is 13.2 Å². The number of methoxy groups -OCH3 is 1. The van der Waals surface area contributed by atoms with E-state index in [1.165, 1.54) is 16.0 Å². The molecule has 0 saturated carbocycles. The molecule has 1 aromatic carbocycles. The van der Waals surface area contributed by atoms with E-state index in [-0.39, 0.29) is 6.04 Å². The van der Waals surface area contributed by atoms with Crippen molar-refractivity contribution in [1.29, 1.82) is 0 Å². The Morgan fingerprint density at radius 1 is 1.22 bits per heavy atom. The van der Waals surface area contributed by atoms with Gasteiger partial charge < -0.3 is 10.1 Å². The summed E-state index contributed by atoms with van der Waals surface area (Å²) in [5.41, 5.74) is 2.42. The molecule has 1 N–H and O–H groups in total. The molecule has 3 rings (SSSR count). The van der Waals surface area contributed by atoms with Crippen LogP contribution in [0.1, 0.15) is 27.1 Å². The molecule has 2 heterocycles. The first-order valence-corrected chi connectivity index (χ1v) is 9.31. The van der Waals surface area contributed by atoms with Crippen LogP contribution < -0.4 is 10.1 Å². The summed E-state index contributed by atoms with van der Waals surface area (Å²) in [7, 11) is 1.72. The van der Waals surface area contributed by atoms with Gasteiger partial charge >= 0.3 is 0 Å². The van der Waals surface area contributed by atoms with Crippen LogP contribution in [0, 0.1) is 6.92 Å². The van der Waals surface area contributed by atoms with Crippen molar-refractivity contribution in [3.05, 3.63) is 68.3 Å². The molecule has 0 fully saturated rings. The SMILES string of the molecule is COc1ccc(C)cc1CNC(Cc1cccs1)c1nccs1. The van der Waals surface area contributed by atoms with Crippen molar-refractivity contribution < 1.29 is 4.74 Å². The number of aromatic nitrogens is 1. The maximum atomic E-state index is 5.48. The molecule has 0 aliphatic carbocycles. The number of thiophene rings is 1. The van der Waals surface area contributed by atoms with Crippen molar-refractivity contribution in [1.82, 2.24) is 10.3 Å². The third-order valence-electron chi connectivity index (χ3n) is 3.71. The molecule has 120 valence electrons. The summed E-state index contributed by atoms with van der Waals surface area (Å²) < 4.78 is 5.48. The number of hydrogen-bond donors (Lipinski definition) is 1. The van der Waals surface area contributed by atoms with Gasteiger partial charge in [-0.3, -0.25) is 0 Å². The molecule has 0 aliphatic heterocycles. The van der Waals surface area contributed by atoms with Gasteiger partial charge in [-0.25, -0.2) is 4.98 Å². The summed E-state index contributed by atoms with van der Waals surface area (Å²) in [5, 5.41) is 8.94. The third kappa shape index (κ3) is 4.19. The Balaban J connectivity index is 1.75. The van der Waals surface area contributed by atoms with Crippen LogP contribution in [0.3, 0.4) is 0 Å². The molecule has 2 aromatic heterocycles. The van der Waals surface area contributed by atoms with E-state index >= 15 is 0 Å². The smallest absolute Gasteiger partial charge is 0.123 e. The molecule has 0 radical (unpaired) electrons. The lowest BCUT2D eigenvalue weighted by Gasteiger charge is -2.17. The van der Waals surface area contributed by atoms with Crippen molar-refractivity contribution in [3.63, 3.8) is 0 Å². The van der Waals surface area contributed by atoms with Gasteiger partial charge in [-0.2, -0.15) is 0 Å². The number of thiazole rings is 1. The van der Waals surface area contributed by atoms with Gasteiger partial charge in [-0.15, -0.1) is 22.7 Å². The van der Waals surface area contributed by atoms with Crippen LogP contribution in [-0.2, 0) is 13.0 Å². The van der Waals surface area contributed by atoms with E-state index in [4.69, 9.17) is 4.74 Å². The Morgan fingerprint density at radius 3 is 2.83 bits per heavy atom. The number of benzene rings is 1. The first-order valence-electron chi connectivity index (χ1n) is 7.55. The zero-order valence-electron chi connectivity index (χ0n) is 13.3. The van der Waals surface area contributed by atoms with Gasteiger partial charge in [-0.05, 0) is 24.4 Å². The maximum absolute atomic E-state index is 5.48. The summed E-state index contributed by atoms with van der Waals surface area (Å²) >= 11 is 3.49.